The number of carbonyl (C=O) groups excluding carboxylic acids is 2. The molecule has 2 aromatic heterocycles. The van der Waals surface area contributed by atoms with Gasteiger partial charge in [-0.1, -0.05) is 30.3 Å². The van der Waals surface area contributed by atoms with Crippen molar-refractivity contribution in [3.05, 3.63) is 87.8 Å². The number of nitrogens with zero attached hydrogens (tertiary/aromatic N) is 4. The van der Waals surface area contributed by atoms with Crippen LogP contribution in [0.3, 0.4) is 0 Å². The standard InChI is InChI=1S/C25H19N5O5/c31-24-14-29(26-12-17-8-9-23(35-17)15-4-3-5-16(10-15)30(33)34)25(32)22-11-19-18-6-1-2-7-20(18)27-21(19)13-28(22)24/h1-10,12,22,27H,11,13-14H2/t22-/m1/s1. The number of hydrazone groups is 1. The van der Waals surface area contributed by atoms with E-state index in [1.807, 2.05) is 24.3 Å². The molecule has 10 nitrogen and oxygen atoms in total. The molecule has 35 heavy (non-hydrogen) atoms. The number of hydrogen-bond acceptors (Lipinski definition) is 6. The fourth-order valence-corrected chi connectivity index (χ4v) is 4.73. The number of para-hydroxylation sites is 1. The Kier molecular flexibility index (Phi) is 4.73. The fraction of sp³-hybridized carbons (Fsp3) is 0.160. The normalized spacial score (nSPS) is 17.8. The number of benzene rings is 2. The lowest BCUT2D eigenvalue weighted by atomic mass is 9.94. The number of non-ortho nitro benzene ring substituents is 1. The van der Waals surface area contributed by atoms with Gasteiger partial charge in [-0.05, 0) is 23.8 Å². The zero-order valence-electron chi connectivity index (χ0n) is 18.4. The van der Waals surface area contributed by atoms with Crippen molar-refractivity contribution >= 4 is 34.6 Å². The van der Waals surface area contributed by atoms with Gasteiger partial charge in [-0.2, -0.15) is 5.10 Å². The molecule has 2 aromatic carbocycles. The molecule has 174 valence electrons. The maximum Gasteiger partial charge on any atom is 0.270 e. The van der Waals surface area contributed by atoms with Gasteiger partial charge < -0.3 is 14.3 Å². The van der Waals surface area contributed by atoms with Gasteiger partial charge in [0, 0.05) is 40.7 Å². The van der Waals surface area contributed by atoms with E-state index >= 15 is 0 Å². The highest BCUT2D eigenvalue weighted by Gasteiger charge is 2.43. The minimum absolute atomic E-state index is 0.0399. The molecule has 0 radical (unpaired) electrons. The second-order valence-corrected chi connectivity index (χ2v) is 8.52. The molecule has 0 saturated carbocycles. The Morgan fingerprint density at radius 3 is 2.80 bits per heavy atom. The first-order valence-corrected chi connectivity index (χ1v) is 11.1. The molecule has 2 aliphatic rings. The highest BCUT2D eigenvalue weighted by Crippen LogP contribution is 2.32. The molecule has 2 aliphatic heterocycles. The number of H-pyrrole nitrogens is 1. The van der Waals surface area contributed by atoms with E-state index in [0.29, 0.717) is 30.0 Å². The number of hydrogen-bond donors (Lipinski definition) is 1. The van der Waals surface area contributed by atoms with Gasteiger partial charge in [0.1, 0.15) is 24.1 Å². The third kappa shape index (κ3) is 3.55. The molecule has 6 rings (SSSR count). The average Bonchev–Trinajstić information content (AvgIpc) is 3.49. The highest BCUT2D eigenvalue weighted by atomic mass is 16.6. The topological polar surface area (TPSA) is 125 Å². The van der Waals surface area contributed by atoms with E-state index in [0.717, 1.165) is 22.2 Å². The number of nitro benzene ring substituents is 1. The van der Waals surface area contributed by atoms with Gasteiger partial charge in [-0.25, -0.2) is 5.01 Å². The van der Waals surface area contributed by atoms with Crippen LogP contribution < -0.4 is 0 Å². The lowest BCUT2D eigenvalue weighted by Gasteiger charge is -2.40. The molecule has 1 atom stereocenters. The predicted molar refractivity (Wildman–Crippen MR) is 126 cm³/mol. The summed E-state index contributed by atoms with van der Waals surface area (Å²) >= 11 is 0. The van der Waals surface area contributed by atoms with Crippen LogP contribution in [0.25, 0.3) is 22.2 Å². The van der Waals surface area contributed by atoms with Crippen molar-refractivity contribution < 1.29 is 18.9 Å². The van der Waals surface area contributed by atoms with Gasteiger partial charge in [-0.3, -0.25) is 19.7 Å². The van der Waals surface area contributed by atoms with Crippen molar-refractivity contribution in [3.8, 4) is 11.3 Å². The van der Waals surface area contributed by atoms with E-state index in [9.17, 15) is 19.7 Å². The van der Waals surface area contributed by atoms with Gasteiger partial charge >= 0.3 is 0 Å². The molecule has 1 fully saturated rings. The number of rotatable bonds is 4. The first-order chi connectivity index (χ1) is 17.0. The second-order valence-electron chi connectivity index (χ2n) is 8.52. The van der Waals surface area contributed by atoms with Crippen LogP contribution in [0.5, 0.6) is 0 Å². The molecular formula is C25H19N5O5. The zero-order chi connectivity index (χ0) is 24.1. The third-order valence-corrected chi connectivity index (χ3v) is 6.44. The van der Waals surface area contributed by atoms with Gasteiger partial charge in [0.25, 0.3) is 11.6 Å². The second kappa shape index (κ2) is 7.94. The molecule has 4 heterocycles. The van der Waals surface area contributed by atoms with E-state index in [4.69, 9.17) is 4.42 Å². The zero-order valence-corrected chi connectivity index (χ0v) is 18.4. The van der Waals surface area contributed by atoms with Crippen LogP contribution in [0.2, 0.25) is 0 Å². The molecule has 10 heteroatoms. The molecular weight excluding hydrogens is 450 g/mol. The van der Waals surface area contributed by atoms with Crippen LogP contribution in [0.4, 0.5) is 5.69 Å². The Labute approximate surface area is 198 Å². The van der Waals surface area contributed by atoms with Crippen molar-refractivity contribution in [2.45, 2.75) is 19.0 Å². The number of amides is 2. The van der Waals surface area contributed by atoms with E-state index < -0.39 is 11.0 Å². The molecule has 0 unspecified atom stereocenters. The Balaban J connectivity index is 1.23. The number of nitro groups is 1. The quantitative estimate of drug-likeness (QED) is 0.278. The van der Waals surface area contributed by atoms with Crippen LogP contribution in [-0.4, -0.2) is 50.4 Å². The van der Waals surface area contributed by atoms with Crippen molar-refractivity contribution in [1.29, 1.82) is 0 Å². The first-order valence-electron chi connectivity index (χ1n) is 11.1. The smallest absolute Gasteiger partial charge is 0.270 e. The van der Waals surface area contributed by atoms with Crippen molar-refractivity contribution in [3.63, 3.8) is 0 Å². The van der Waals surface area contributed by atoms with Crippen LogP contribution in [-0.2, 0) is 22.6 Å². The van der Waals surface area contributed by atoms with Crippen LogP contribution in [0.1, 0.15) is 17.0 Å². The van der Waals surface area contributed by atoms with Crippen molar-refractivity contribution in [1.82, 2.24) is 14.9 Å². The summed E-state index contributed by atoms with van der Waals surface area (Å²) in [4.78, 5) is 41.6. The molecule has 4 aromatic rings. The lowest BCUT2D eigenvalue weighted by molar-refractivity contribution is -0.384. The average molecular weight is 469 g/mol. The summed E-state index contributed by atoms with van der Waals surface area (Å²) in [7, 11) is 0. The molecule has 0 spiro atoms. The summed E-state index contributed by atoms with van der Waals surface area (Å²) in [5.74, 6) is 0.369. The van der Waals surface area contributed by atoms with Gasteiger partial charge in [-0.15, -0.1) is 0 Å². The Bertz CT molecular complexity index is 1530. The summed E-state index contributed by atoms with van der Waals surface area (Å²) in [5.41, 5.74) is 3.52. The monoisotopic (exact) mass is 469 g/mol. The number of fused-ring (bicyclic) bond motifs is 4. The molecule has 0 aliphatic carbocycles. The third-order valence-electron chi connectivity index (χ3n) is 6.44. The largest absolute Gasteiger partial charge is 0.455 e. The fourth-order valence-electron chi connectivity index (χ4n) is 4.73. The Hall–Kier alpha value is -4.73. The Morgan fingerprint density at radius 2 is 1.94 bits per heavy atom. The summed E-state index contributed by atoms with van der Waals surface area (Å²) in [6.45, 7) is 0.210. The SMILES string of the molecule is O=C1[C@H]2Cc3c([nH]c4ccccc34)CN2C(=O)CN1N=Cc1ccc(-c2cccc([N+](=O)[O-])c2)o1. The first kappa shape index (κ1) is 20.8. The number of carbonyl (C=O) groups is 2. The maximum absolute atomic E-state index is 13.2. The van der Waals surface area contributed by atoms with Gasteiger partial charge in [0.2, 0.25) is 5.91 Å². The molecule has 1 saturated heterocycles. The predicted octanol–water partition coefficient (Wildman–Crippen LogP) is 3.47. The minimum atomic E-state index is -0.614. The molecule has 2 amide bonds. The molecule has 1 N–H and O–H groups in total. The summed E-state index contributed by atoms with van der Waals surface area (Å²) < 4.78 is 5.74. The van der Waals surface area contributed by atoms with Crippen LogP contribution in [0, 0.1) is 10.1 Å². The van der Waals surface area contributed by atoms with Crippen molar-refractivity contribution in [2.24, 2.45) is 5.10 Å². The number of nitrogens with one attached hydrogen (secondary N) is 1. The number of piperazine rings is 1. The maximum atomic E-state index is 13.2. The highest BCUT2D eigenvalue weighted by molar-refractivity contribution is 5.97. The number of aromatic nitrogens is 1. The van der Waals surface area contributed by atoms with E-state index in [2.05, 4.69) is 10.1 Å². The van der Waals surface area contributed by atoms with Crippen LogP contribution >= 0.6 is 0 Å². The summed E-state index contributed by atoms with van der Waals surface area (Å²) in [5, 5.41) is 17.5. The number of aromatic amines is 1. The van der Waals surface area contributed by atoms with E-state index in [1.165, 1.54) is 23.4 Å². The summed E-state index contributed by atoms with van der Waals surface area (Å²) in [6, 6.07) is 16.7. The lowest BCUT2D eigenvalue weighted by Crippen LogP contribution is -2.60. The Morgan fingerprint density at radius 1 is 1.09 bits per heavy atom. The summed E-state index contributed by atoms with van der Waals surface area (Å²) in [6.07, 6.45) is 1.80. The number of furan rings is 1. The van der Waals surface area contributed by atoms with Crippen LogP contribution in [0.15, 0.2) is 70.2 Å². The van der Waals surface area contributed by atoms with Gasteiger partial charge in [0.15, 0.2) is 0 Å². The van der Waals surface area contributed by atoms with Crippen molar-refractivity contribution in [2.75, 3.05) is 6.54 Å². The molecule has 0 bridgehead atoms. The van der Waals surface area contributed by atoms with E-state index in [-0.39, 0.29) is 24.0 Å². The van der Waals surface area contributed by atoms with E-state index in [1.54, 1.807) is 29.2 Å². The minimum Gasteiger partial charge on any atom is -0.455 e. The van der Waals surface area contributed by atoms with Gasteiger partial charge in [0.05, 0.1) is 17.7 Å².